The van der Waals surface area contributed by atoms with Gasteiger partial charge in [-0.2, -0.15) is 0 Å². The largest absolute Gasteiger partial charge is 0.330 e. The summed E-state index contributed by atoms with van der Waals surface area (Å²) in [5.41, 5.74) is 9.96. The Kier molecular flexibility index (Phi) is 5.54. The number of benzene rings is 1. The van der Waals surface area contributed by atoms with Gasteiger partial charge in [-0.25, -0.2) is 0 Å². The van der Waals surface area contributed by atoms with Crippen molar-refractivity contribution in [2.24, 2.45) is 5.73 Å². The monoisotopic (exact) mass is 219 g/mol. The summed E-state index contributed by atoms with van der Waals surface area (Å²) in [6.45, 7) is 7.47. The standard InChI is InChI=1S/C15H25N/c1-4-6-14(7-5-10-16)15-11-12(2)8-9-13(15)3/h8-9,11,14H,4-7,10,16H2,1-3H3. The summed E-state index contributed by atoms with van der Waals surface area (Å²) < 4.78 is 0. The van der Waals surface area contributed by atoms with Crippen LogP contribution in [0.25, 0.3) is 0 Å². The molecule has 0 saturated carbocycles. The first-order valence-corrected chi connectivity index (χ1v) is 6.46. The SMILES string of the molecule is CCCC(CCCN)c1cc(C)ccc1C. The Hall–Kier alpha value is -0.820. The molecule has 0 aliphatic carbocycles. The molecule has 0 aliphatic heterocycles. The summed E-state index contributed by atoms with van der Waals surface area (Å²) in [5.74, 6) is 0.702. The average molecular weight is 219 g/mol. The summed E-state index contributed by atoms with van der Waals surface area (Å²) in [6.07, 6.45) is 4.90. The first-order valence-electron chi connectivity index (χ1n) is 6.46. The Morgan fingerprint density at radius 1 is 1.19 bits per heavy atom. The van der Waals surface area contributed by atoms with E-state index in [0.717, 1.165) is 13.0 Å². The van der Waals surface area contributed by atoms with Gasteiger partial charge in [-0.05, 0) is 56.7 Å². The molecule has 1 rings (SSSR count). The van der Waals surface area contributed by atoms with E-state index in [9.17, 15) is 0 Å². The van der Waals surface area contributed by atoms with Gasteiger partial charge in [0.05, 0.1) is 0 Å². The van der Waals surface area contributed by atoms with Crippen molar-refractivity contribution in [3.63, 3.8) is 0 Å². The second-order valence-corrected chi connectivity index (χ2v) is 4.78. The van der Waals surface area contributed by atoms with E-state index in [0.29, 0.717) is 5.92 Å². The number of hydrogen-bond acceptors (Lipinski definition) is 1. The van der Waals surface area contributed by atoms with Crippen LogP contribution in [0.5, 0.6) is 0 Å². The lowest BCUT2D eigenvalue weighted by Crippen LogP contribution is -2.06. The quantitative estimate of drug-likeness (QED) is 0.771. The van der Waals surface area contributed by atoms with Gasteiger partial charge in [0.1, 0.15) is 0 Å². The second kappa shape index (κ2) is 6.70. The van der Waals surface area contributed by atoms with E-state index in [1.165, 1.54) is 36.0 Å². The van der Waals surface area contributed by atoms with Gasteiger partial charge in [0.25, 0.3) is 0 Å². The molecule has 0 saturated heterocycles. The molecule has 1 nitrogen and oxygen atoms in total. The number of aryl methyl sites for hydroxylation is 2. The number of hydrogen-bond donors (Lipinski definition) is 1. The third-order valence-electron chi connectivity index (χ3n) is 3.27. The molecule has 0 heterocycles. The maximum Gasteiger partial charge on any atom is -0.00771 e. The summed E-state index contributed by atoms with van der Waals surface area (Å²) >= 11 is 0. The van der Waals surface area contributed by atoms with Gasteiger partial charge < -0.3 is 5.73 Å². The van der Waals surface area contributed by atoms with Gasteiger partial charge in [-0.15, -0.1) is 0 Å². The average Bonchev–Trinajstić information content (AvgIpc) is 2.28. The maximum absolute atomic E-state index is 5.62. The van der Waals surface area contributed by atoms with Gasteiger partial charge >= 0.3 is 0 Å². The predicted molar refractivity (Wildman–Crippen MR) is 71.9 cm³/mol. The van der Waals surface area contributed by atoms with E-state index in [4.69, 9.17) is 5.73 Å². The normalized spacial score (nSPS) is 12.8. The highest BCUT2D eigenvalue weighted by molar-refractivity contribution is 5.33. The molecule has 2 N–H and O–H groups in total. The smallest absolute Gasteiger partial charge is 0.00771 e. The molecule has 0 aromatic heterocycles. The molecule has 0 spiro atoms. The highest BCUT2D eigenvalue weighted by Crippen LogP contribution is 2.29. The Bertz CT molecular complexity index is 317. The van der Waals surface area contributed by atoms with Crippen molar-refractivity contribution in [3.05, 3.63) is 34.9 Å². The van der Waals surface area contributed by atoms with E-state index in [2.05, 4.69) is 39.0 Å². The Labute approximate surface area is 100 Å². The van der Waals surface area contributed by atoms with Crippen LogP contribution in [0.4, 0.5) is 0 Å². The second-order valence-electron chi connectivity index (χ2n) is 4.78. The predicted octanol–water partition coefficient (Wildman–Crippen LogP) is 3.93. The van der Waals surface area contributed by atoms with Gasteiger partial charge in [-0.1, -0.05) is 37.1 Å². The van der Waals surface area contributed by atoms with Crippen LogP contribution in [0.2, 0.25) is 0 Å². The molecule has 16 heavy (non-hydrogen) atoms. The minimum atomic E-state index is 0.702. The summed E-state index contributed by atoms with van der Waals surface area (Å²) in [4.78, 5) is 0. The molecular weight excluding hydrogens is 194 g/mol. The Morgan fingerprint density at radius 3 is 2.56 bits per heavy atom. The molecule has 0 radical (unpaired) electrons. The van der Waals surface area contributed by atoms with Crippen LogP contribution in [0.15, 0.2) is 18.2 Å². The van der Waals surface area contributed by atoms with Crippen LogP contribution < -0.4 is 5.73 Å². The van der Waals surface area contributed by atoms with E-state index >= 15 is 0 Å². The zero-order chi connectivity index (χ0) is 12.0. The summed E-state index contributed by atoms with van der Waals surface area (Å²) in [6, 6.07) is 6.80. The number of nitrogens with two attached hydrogens (primary N) is 1. The molecule has 0 bridgehead atoms. The van der Waals surface area contributed by atoms with E-state index < -0.39 is 0 Å². The fourth-order valence-electron chi connectivity index (χ4n) is 2.37. The van der Waals surface area contributed by atoms with Crippen molar-refractivity contribution >= 4 is 0 Å². The lowest BCUT2D eigenvalue weighted by atomic mass is 9.86. The molecule has 1 atom stereocenters. The molecule has 1 heteroatoms. The van der Waals surface area contributed by atoms with Gasteiger partial charge in [0.15, 0.2) is 0 Å². The van der Waals surface area contributed by atoms with Crippen LogP contribution in [0.3, 0.4) is 0 Å². The summed E-state index contributed by atoms with van der Waals surface area (Å²) in [5, 5.41) is 0. The molecule has 0 fully saturated rings. The Balaban J connectivity index is 2.85. The molecular formula is C15H25N. The highest BCUT2D eigenvalue weighted by Gasteiger charge is 2.12. The lowest BCUT2D eigenvalue weighted by Gasteiger charge is -2.19. The van der Waals surface area contributed by atoms with Gasteiger partial charge in [0, 0.05) is 0 Å². The molecule has 0 amide bonds. The van der Waals surface area contributed by atoms with Crippen LogP contribution in [-0.2, 0) is 0 Å². The zero-order valence-corrected chi connectivity index (χ0v) is 10.9. The van der Waals surface area contributed by atoms with E-state index in [1.54, 1.807) is 0 Å². The Morgan fingerprint density at radius 2 is 1.94 bits per heavy atom. The van der Waals surface area contributed by atoms with Crippen molar-refractivity contribution < 1.29 is 0 Å². The van der Waals surface area contributed by atoms with Crippen molar-refractivity contribution in [2.75, 3.05) is 6.54 Å². The van der Waals surface area contributed by atoms with Gasteiger partial charge in [0.2, 0.25) is 0 Å². The fraction of sp³-hybridized carbons (Fsp3) is 0.600. The molecule has 1 aromatic carbocycles. The van der Waals surface area contributed by atoms with Crippen molar-refractivity contribution in [3.8, 4) is 0 Å². The van der Waals surface area contributed by atoms with E-state index in [-0.39, 0.29) is 0 Å². The molecule has 1 aromatic rings. The van der Waals surface area contributed by atoms with E-state index in [1.807, 2.05) is 0 Å². The van der Waals surface area contributed by atoms with Crippen LogP contribution >= 0.6 is 0 Å². The summed E-state index contributed by atoms with van der Waals surface area (Å²) in [7, 11) is 0. The third-order valence-corrected chi connectivity index (χ3v) is 3.27. The van der Waals surface area contributed by atoms with Crippen LogP contribution in [-0.4, -0.2) is 6.54 Å². The minimum Gasteiger partial charge on any atom is -0.330 e. The molecule has 1 unspecified atom stereocenters. The lowest BCUT2D eigenvalue weighted by molar-refractivity contribution is 0.547. The van der Waals surface area contributed by atoms with Gasteiger partial charge in [-0.3, -0.25) is 0 Å². The van der Waals surface area contributed by atoms with Crippen LogP contribution in [0.1, 0.15) is 55.2 Å². The zero-order valence-electron chi connectivity index (χ0n) is 10.9. The third kappa shape index (κ3) is 3.64. The molecule has 90 valence electrons. The van der Waals surface area contributed by atoms with Crippen molar-refractivity contribution in [1.82, 2.24) is 0 Å². The highest BCUT2D eigenvalue weighted by atomic mass is 14.5. The van der Waals surface area contributed by atoms with Crippen LogP contribution in [0, 0.1) is 13.8 Å². The minimum absolute atomic E-state index is 0.702. The van der Waals surface area contributed by atoms with Crippen molar-refractivity contribution in [1.29, 1.82) is 0 Å². The first-order chi connectivity index (χ1) is 7.69. The topological polar surface area (TPSA) is 26.0 Å². The number of rotatable bonds is 6. The maximum atomic E-state index is 5.62. The molecule has 0 aliphatic rings. The fourth-order valence-corrected chi connectivity index (χ4v) is 2.37. The van der Waals surface area contributed by atoms with Crippen molar-refractivity contribution in [2.45, 2.75) is 52.4 Å². The first kappa shape index (κ1) is 13.2.